The molecule has 2 atom stereocenters. The lowest BCUT2D eigenvalue weighted by atomic mass is 9.91. The smallest absolute Gasteiger partial charge is 0.355 e. The van der Waals surface area contributed by atoms with Gasteiger partial charge in [0.1, 0.15) is 34.3 Å². The zero-order valence-corrected chi connectivity index (χ0v) is 15.6. The summed E-state index contributed by atoms with van der Waals surface area (Å²) in [5.41, 5.74) is 1.25. The number of carbonyl (C=O) groups excluding carboxylic acids is 1. The summed E-state index contributed by atoms with van der Waals surface area (Å²) < 4.78 is 17.5. The molecule has 2 unspecified atom stereocenters. The minimum absolute atomic E-state index is 0.0462. The van der Waals surface area contributed by atoms with Crippen LogP contribution in [0.1, 0.15) is 55.1 Å². The fourth-order valence-corrected chi connectivity index (χ4v) is 3.87. The van der Waals surface area contributed by atoms with Gasteiger partial charge < -0.3 is 13.9 Å². The molecule has 0 amide bonds. The number of benzene rings is 1. The van der Waals surface area contributed by atoms with Crippen LogP contribution < -0.4 is 15.1 Å². The Balaban J connectivity index is 2.21. The van der Waals surface area contributed by atoms with Crippen LogP contribution in [0.4, 0.5) is 0 Å². The molecule has 0 aliphatic carbocycles. The van der Waals surface area contributed by atoms with E-state index in [-0.39, 0.29) is 35.0 Å². The van der Waals surface area contributed by atoms with Crippen molar-refractivity contribution in [2.24, 2.45) is 0 Å². The molecular formula is C20H19ClO5. The maximum Gasteiger partial charge on any atom is 0.355 e. The minimum Gasteiger partial charge on any atom is -0.489 e. The molecule has 6 heteroatoms. The third kappa shape index (κ3) is 2.45. The van der Waals surface area contributed by atoms with Crippen molar-refractivity contribution in [1.29, 1.82) is 0 Å². The van der Waals surface area contributed by atoms with E-state index < -0.39 is 5.63 Å². The van der Waals surface area contributed by atoms with E-state index in [9.17, 15) is 9.59 Å². The van der Waals surface area contributed by atoms with Gasteiger partial charge in [-0.1, -0.05) is 24.9 Å². The van der Waals surface area contributed by atoms with Crippen LogP contribution in [0.5, 0.6) is 11.5 Å². The summed E-state index contributed by atoms with van der Waals surface area (Å²) in [5, 5.41) is 0.651. The van der Waals surface area contributed by atoms with Crippen LogP contribution in [0.15, 0.2) is 15.3 Å². The Morgan fingerprint density at radius 3 is 2.69 bits per heavy atom. The lowest BCUT2D eigenvalue weighted by Gasteiger charge is -2.29. The maximum absolute atomic E-state index is 12.8. The number of rotatable bonds is 2. The van der Waals surface area contributed by atoms with Gasteiger partial charge in [0.05, 0.1) is 10.9 Å². The van der Waals surface area contributed by atoms with E-state index >= 15 is 0 Å². The van der Waals surface area contributed by atoms with Gasteiger partial charge in [-0.05, 0) is 38.0 Å². The number of ether oxygens (including phenoxy) is 2. The van der Waals surface area contributed by atoms with Gasteiger partial charge in [-0.15, -0.1) is 0 Å². The Morgan fingerprint density at radius 1 is 1.19 bits per heavy atom. The molecule has 0 spiro atoms. The molecule has 136 valence electrons. The summed E-state index contributed by atoms with van der Waals surface area (Å²) >= 11 is 6.28. The second-order valence-electron chi connectivity index (χ2n) is 6.82. The molecule has 0 bridgehead atoms. The number of carbonyl (C=O) groups is 1. The van der Waals surface area contributed by atoms with Gasteiger partial charge in [0.15, 0.2) is 11.4 Å². The van der Waals surface area contributed by atoms with Crippen LogP contribution in [0.3, 0.4) is 0 Å². The molecule has 2 aliphatic heterocycles. The Morgan fingerprint density at radius 2 is 1.96 bits per heavy atom. The SMILES string of the molecule is CCCc1c(Cl)c(=O)oc2c3c(c4c(c12)OC(C)C=C4)OC(C)CC3=O. The number of aryl methyl sites for hydroxylation is 1. The van der Waals surface area contributed by atoms with Crippen molar-refractivity contribution in [1.82, 2.24) is 0 Å². The molecule has 0 saturated heterocycles. The van der Waals surface area contributed by atoms with E-state index in [4.69, 9.17) is 25.5 Å². The van der Waals surface area contributed by atoms with Gasteiger partial charge in [-0.2, -0.15) is 0 Å². The molecular weight excluding hydrogens is 356 g/mol. The molecule has 1 aromatic carbocycles. The quantitative estimate of drug-likeness (QED) is 0.721. The van der Waals surface area contributed by atoms with Gasteiger partial charge >= 0.3 is 5.63 Å². The van der Waals surface area contributed by atoms with E-state index in [0.717, 1.165) is 6.42 Å². The average Bonchev–Trinajstić information content (AvgIpc) is 2.58. The molecule has 2 aliphatic rings. The summed E-state index contributed by atoms with van der Waals surface area (Å²) in [6.07, 6.45) is 5.01. The van der Waals surface area contributed by atoms with Gasteiger partial charge in [0, 0.05) is 6.42 Å². The Hall–Kier alpha value is -2.27. The first-order valence-electron chi connectivity index (χ1n) is 8.82. The predicted octanol–water partition coefficient (Wildman–Crippen LogP) is 4.55. The largest absolute Gasteiger partial charge is 0.489 e. The van der Waals surface area contributed by atoms with Crippen molar-refractivity contribution in [3.63, 3.8) is 0 Å². The normalized spacial score (nSPS) is 21.2. The molecule has 26 heavy (non-hydrogen) atoms. The standard InChI is InChI=1S/C20H19ClO5/c1-4-5-11-14-17-12(7-6-9(2)24-17)18-15(13(22)8-10(3)25-18)19(14)26-20(23)16(11)21/h6-7,9-10H,4-5,8H2,1-3H3. The molecule has 4 rings (SSSR count). The molecule has 1 aromatic heterocycles. The fourth-order valence-electron chi connectivity index (χ4n) is 3.65. The molecule has 5 nitrogen and oxygen atoms in total. The van der Waals surface area contributed by atoms with E-state index in [1.54, 1.807) is 0 Å². The highest BCUT2D eigenvalue weighted by atomic mass is 35.5. The molecule has 0 saturated carbocycles. The van der Waals surface area contributed by atoms with Gasteiger partial charge in [0.2, 0.25) is 0 Å². The molecule has 0 radical (unpaired) electrons. The van der Waals surface area contributed by atoms with Crippen molar-refractivity contribution in [3.8, 4) is 11.5 Å². The highest BCUT2D eigenvalue weighted by Crippen LogP contribution is 2.48. The van der Waals surface area contributed by atoms with E-state index in [1.807, 2.05) is 32.9 Å². The lowest BCUT2D eigenvalue weighted by Crippen LogP contribution is -2.26. The highest BCUT2D eigenvalue weighted by Gasteiger charge is 2.35. The fraction of sp³-hybridized carbons (Fsp3) is 0.400. The van der Waals surface area contributed by atoms with Crippen molar-refractivity contribution < 1.29 is 18.7 Å². The number of fused-ring (bicyclic) bond motifs is 6. The van der Waals surface area contributed by atoms with Crippen LogP contribution in [0.2, 0.25) is 5.02 Å². The number of ketones is 1. The van der Waals surface area contributed by atoms with Crippen LogP contribution in [-0.4, -0.2) is 18.0 Å². The van der Waals surface area contributed by atoms with E-state index in [1.165, 1.54) is 0 Å². The number of halogens is 1. The Kier molecular flexibility index (Phi) is 4.07. The first-order valence-corrected chi connectivity index (χ1v) is 9.20. The third-order valence-corrected chi connectivity index (χ3v) is 5.13. The zero-order chi connectivity index (χ0) is 18.6. The van der Waals surface area contributed by atoms with Crippen LogP contribution in [0.25, 0.3) is 17.0 Å². The maximum atomic E-state index is 12.8. The monoisotopic (exact) mass is 374 g/mol. The van der Waals surface area contributed by atoms with Gasteiger partial charge in [-0.25, -0.2) is 4.79 Å². The molecule has 2 aromatic rings. The summed E-state index contributed by atoms with van der Waals surface area (Å²) in [4.78, 5) is 25.1. The average molecular weight is 375 g/mol. The van der Waals surface area contributed by atoms with Crippen molar-refractivity contribution >= 4 is 34.4 Å². The van der Waals surface area contributed by atoms with Crippen LogP contribution >= 0.6 is 11.6 Å². The van der Waals surface area contributed by atoms with Crippen LogP contribution in [0, 0.1) is 0 Å². The van der Waals surface area contributed by atoms with Crippen molar-refractivity contribution in [2.45, 2.75) is 52.2 Å². The molecule has 3 heterocycles. The number of hydrogen-bond acceptors (Lipinski definition) is 5. The van der Waals surface area contributed by atoms with Crippen LogP contribution in [-0.2, 0) is 6.42 Å². The lowest BCUT2D eigenvalue weighted by molar-refractivity contribution is 0.0870. The summed E-state index contributed by atoms with van der Waals surface area (Å²) in [6, 6.07) is 0. The second-order valence-corrected chi connectivity index (χ2v) is 7.20. The Bertz CT molecular complexity index is 1020. The van der Waals surface area contributed by atoms with E-state index in [2.05, 4.69) is 0 Å². The summed E-state index contributed by atoms with van der Waals surface area (Å²) in [7, 11) is 0. The summed E-state index contributed by atoms with van der Waals surface area (Å²) in [5.74, 6) is 0.878. The van der Waals surface area contributed by atoms with E-state index in [0.29, 0.717) is 40.0 Å². The minimum atomic E-state index is -0.643. The first kappa shape index (κ1) is 17.2. The van der Waals surface area contributed by atoms with Crippen molar-refractivity contribution in [3.05, 3.63) is 38.2 Å². The van der Waals surface area contributed by atoms with Gasteiger partial charge in [-0.3, -0.25) is 4.79 Å². The zero-order valence-electron chi connectivity index (χ0n) is 14.8. The first-order chi connectivity index (χ1) is 12.4. The summed E-state index contributed by atoms with van der Waals surface area (Å²) in [6.45, 7) is 5.76. The third-order valence-electron chi connectivity index (χ3n) is 4.75. The molecule has 0 N–H and O–H groups in total. The highest BCUT2D eigenvalue weighted by molar-refractivity contribution is 6.32. The van der Waals surface area contributed by atoms with Crippen molar-refractivity contribution in [2.75, 3.05) is 0 Å². The number of Topliss-reactive ketones (excluding diaryl/α,β-unsaturated/α-hetero) is 1. The number of hydrogen-bond donors (Lipinski definition) is 0. The Labute approximate surface area is 155 Å². The topological polar surface area (TPSA) is 65.7 Å². The van der Waals surface area contributed by atoms with Gasteiger partial charge in [0.25, 0.3) is 0 Å². The predicted molar refractivity (Wildman–Crippen MR) is 99.7 cm³/mol. The molecule has 0 fully saturated rings. The second kappa shape index (κ2) is 6.16.